The smallest absolute Gasteiger partial charge is 0.448 e. The summed E-state index contributed by atoms with van der Waals surface area (Å²) in [7, 11) is -4.81. The Bertz CT molecular complexity index is 277. The molecule has 0 aliphatic heterocycles. The van der Waals surface area contributed by atoms with E-state index in [0.717, 1.165) is 0 Å². The van der Waals surface area contributed by atoms with Gasteiger partial charge in [0.2, 0.25) is 0 Å². The highest BCUT2D eigenvalue weighted by atomic mass is 32.3. The quantitative estimate of drug-likeness (QED) is 0.535. The summed E-state index contributed by atoms with van der Waals surface area (Å²) in [5.41, 5.74) is 0. The second-order valence-electron chi connectivity index (χ2n) is 1.78. The topological polar surface area (TPSA) is 149 Å². The predicted octanol–water partition coefficient (Wildman–Crippen LogP) is -1.63. The molecule has 0 aromatic rings. The minimum Gasteiger partial charge on any atom is -0.481 e. The lowest BCUT2D eigenvalue weighted by Gasteiger charge is -1.96. The number of rotatable bonds is 4. The minimum absolute atomic E-state index is 0. The molecule has 8 nitrogen and oxygen atoms in total. The Morgan fingerprint density at radius 2 is 1.69 bits per heavy atom. The Kier molecular flexibility index (Phi) is 6.02. The van der Waals surface area contributed by atoms with Gasteiger partial charge < -0.3 is 14.8 Å². The summed E-state index contributed by atoms with van der Waals surface area (Å²) in [6.07, 6.45) is -1.15. The third kappa shape index (κ3) is 10.8. The Balaban J connectivity index is 0. The molecule has 0 aliphatic carbocycles. The molecule has 0 atom stereocenters. The molecule has 0 bridgehead atoms. The summed E-state index contributed by atoms with van der Waals surface area (Å²) >= 11 is 0. The van der Waals surface area contributed by atoms with Crippen molar-refractivity contribution in [3.63, 3.8) is 0 Å². The lowest BCUT2D eigenvalue weighted by molar-refractivity contribution is -0.142. The summed E-state index contributed by atoms with van der Waals surface area (Å²) in [6, 6.07) is 0. The monoisotopic (exact) mass is 216 g/mol. The Hall–Kier alpha value is -1.19. The van der Waals surface area contributed by atoms with Crippen LogP contribution in [-0.2, 0) is 24.2 Å². The van der Waals surface area contributed by atoms with Gasteiger partial charge in [0.15, 0.2) is 0 Å². The van der Waals surface area contributed by atoms with Gasteiger partial charge in [0, 0.05) is 0 Å². The van der Waals surface area contributed by atoms with Crippen LogP contribution in [0.5, 0.6) is 0 Å². The first kappa shape index (κ1) is 14.3. The Morgan fingerprint density at radius 1 is 1.23 bits per heavy atom. The maximum Gasteiger partial charge on any atom is 0.448 e. The molecule has 0 saturated heterocycles. The zero-order valence-electron chi connectivity index (χ0n) is 6.26. The average Bonchev–Trinajstić information content (AvgIpc) is 1.79. The molecule has 9 heteroatoms. The van der Waals surface area contributed by atoms with Gasteiger partial charge in [-0.05, 0) is 0 Å². The van der Waals surface area contributed by atoms with Crippen molar-refractivity contribution in [1.82, 2.24) is 0 Å². The first-order valence-electron chi connectivity index (χ1n) is 2.73. The largest absolute Gasteiger partial charge is 0.481 e. The fourth-order valence-electron chi connectivity index (χ4n) is 0.368. The molecule has 0 rings (SSSR count). The fourth-order valence-corrected chi connectivity index (χ4v) is 0.686. The number of hydrogen-bond donors (Lipinski definition) is 2. The number of hydrogen-bond acceptors (Lipinski definition) is 5. The summed E-state index contributed by atoms with van der Waals surface area (Å²) in [4.78, 5) is 20.2. The van der Waals surface area contributed by atoms with Gasteiger partial charge in [0.05, 0.1) is 12.8 Å². The van der Waals surface area contributed by atoms with E-state index in [1.54, 1.807) is 0 Å². The second-order valence-corrected chi connectivity index (χ2v) is 2.80. The molecule has 0 saturated carbocycles. The average molecular weight is 216 g/mol. The van der Waals surface area contributed by atoms with Crippen LogP contribution in [0.4, 0.5) is 0 Å². The summed E-state index contributed by atoms with van der Waals surface area (Å²) < 4.78 is 31.1. The van der Waals surface area contributed by atoms with Gasteiger partial charge in [0.25, 0.3) is 0 Å². The van der Waals surface area contributed by atoms with E-state index >= 15 is 0 Å². The van der Waals surface area contributed by atoms with Crippen molar-refractivity contribution in [2.75, 3.05) is 0 Å². The number of aliphatic carboxylic acids is 1. The lowest BCUT2D eigenvalue weighted by Crippen LogP contribution is -2.12. The highest BCUT2D eigenvalue weighted by Gasteiger charge is 2.13. The van der Waals surface area contributed by atoms with Gasteiger partial charge in [-0.2, -0.15) is 8.42 Å². The number of carbonyl (C=O) groups excluding carboxylic acids is 1. The molecule has 4 N–H and O–H groups in total. The number of carbonyl (C=O) groups is 2. The molecule has 0 spiro atoms. The van der Waals surface area contributed by atoms with Gasteiger partial charge in [-0.3, -0.25) is 14.1 Å². The molecule has 0 amide bonds. The van der Waals surface area contributed by atoms with Crippen molar-refractivity contribution in [3.05, 3.63) is 0 Å². The molecule has 0 aromatic carbocycles. The molecular weight excluding hydrogens is 208 g/mol. The summed E-state index contributed by atoms with van der Waals surface area (Å²) in [5, 5.41) is 8.04. The zero-order valence-corrected chi connectivity index (χ0v) is 7.07. The SMILES string of the molecule is O.O=C(O)CCC(=O)OS(=O)(=O)O. The molecule has 0 radical (unpaired) electrons. The molecule has 0 heterocycles. The van der Waals surface area contributed by atoms with Crippen molar-refractivity contribution >= 4 is 22.3 Å². The van der Waals surface area contributed by atoms with Gasteiger partial charge in [-0.25, -0.2) is 0 Å². The van der Waals surface area contributed by atoms with E-state index < -0.39 is 35.2 Å². The minimum atomic E-state index is -4.81. The van der Waals surface area contributed by atoms with Gasteiger partial charge in [0.1, 0.15) is 0 Å². The van der Waals surface area contributed by atoms with Crippen molar-refractivity contribution in [1.29, 1.82) is 0 Å². The van der Waals surface area contributed by atoms with E-state index in [0.29, 0.717) is 0 Å². The molecule has 78 valence electrons. The van der Waals surface area contributed by atoms with Crippen LogP contribution in [0.1, 0.15) is 12.8 Å². The van der Waals surface area contributed by atoms with Gasteiger partial charge in [-0.1, -0.05) is 0 Å². The molecule has 0 aliphatic rings. The van der Waals surface area contributed by atoms with Crippen LogP contribution in [0.3, 0.4) is 0 Å². The van der Waals surface area contributed by atoms with Crippen molar-refractivity contribution < 1.29 is 37.3 Å². The van der Waals surface area contributed by atoms with Crippen molar-refractivity contribution in [2.24, 2.45) is 0 Å². The normalized spacial score (nSPS) is 9.92. The molecular formula is C4H8O8S. The Morgan fingerprint density at radius 3 is 2.00 bits per heavy atom. The first-order valence-corrected chi connectivity index (χ1v) is 4.09. The van der Waals surface area contributed by atoms with E-state index in [1.807, 2.05) is 0 Å². The van der Waals surface area contributed by atoms with E-state index in [2.05, 4.69) is 4.18 Å². The highest BCUT2D eigenvalue weighted by Crippen LogP contribution is 1.96. The maximum absolute atomic E-state index is 10.3. The van der Waals surface area contributed by atoms with Crippen LogP contribution < -0.4 is 0 Å². The van der Waals surface area contributed by atoms with E-state index in [1.165, 1.54) is 0 Å². The molecule has 13 heavy (non-hydrogen) atoms. The van der Waals surface area contributed by atoms with E-state index in [-0.39, 0.29) is 5.48 Å². The maximum atomic E-state index is 10.3. The summed E-state index contributed by atoms with van der Waals surface area (Å²) in [6.45, 7) is 0. The predicted molar refractivity (Wildman–Crippen MR) is 38.1 cm³/mol. The third-order valence-electron chi connectivity index (χ3n) is 0.741. The van der Waals surface area contributed by atoms with Crippen LogP contribution in [0.25, 0.3) is 0 Å². The zero-order chi connectivity index (χ0) is 9.78. The second kappa shape index (κ2) is 5.45. The fraction of sp³-hybridized carbons (Fsp3) is 0.500. The number of carboxylic acids is 1. The molecule has 0 aromatic heterocycles. The van der Waals surface area contributed by atoms with E-state index in [9.17, 15) is 18.0 Å². The van der Waals surface area contributed by atoms with E-state index in [4.69, 9.17) is 9.66 Å². The summed E-state index contributed by atoms with van der Waals surface area (Å²) in [5.74, 6) is -2.57. The molecule has 0 unspecified atom stereocenters. The standard InChI is InChI=1S/C4H6O7S.H2O/c5-3(6)1-2-4(7)11-12(8,9)10;/h1-2H2,(H,5,6)(H,8,9,10);1H2. The lowest BCUT2D eigenvalue weighted by atomic mass is 10.3. The van der Waals surface area contributed by atoms with Crippen LogP contribution in [0, 0.1) is 0 Å². The van der Waals surface area contributed by atoms with Gasteiger partial charge in [-0.15, -0.1) is 0 Å². The van der Waals surface area contributed by atoms with Crippen LogP contribution >= 0.6 is 0 Å². The van der Waals surface area contributed by atoms with Crippen LogP contribution in [0.15, 0.2) is 0 Å². The number of carboxylic acid groups (broad SMARTS) is 1. The third-order valence-corrected chi connectivity index (χ3v) is 1.14. The Labute approximate surface area is 73.4 Å². The molecule has 0 fully saturated rings. The first-order chi connectivity index (χ1) is 5.31. The van der Waals surface area contributed by atoms with Crippen molar-refractivity contribution in [2.45, 2.75) is 12.8 Å². The van der Waals surface area contributed by atoms with Crippen LogP contribution in [0.2, 0.25) is 0 Å². The van der Waals surface area contributed by atoms with Crippen LogP contribution in [-0.4, -0.2) is 35.5 Å². The van der Waals surface area contributed by atoms with Gasteiger partial charge >= 0.3 is 22.3 Å². The highest BCUT2D eigenvalue weighted by molar-refractivity contribution is 7.81. The van der Waals surface area contributed by atoms with Crippen molar-refractivity contribution in [3.8, 4) is 0 Å².